The minimum atomic E-state index is -1.19. The fourth-order valence-electron chi connectivity index (χ4n) is 5.26. The number of nitrogens with one attached hydrogen (secondary N) is 2. The average molecular weight is 531 g/mol. The fraction of sp³-hybridized carbons (Fsp3) is 0.444. The number of rotatable bonds is 8. The van der Waals surface area contributed by atoms with Gasteiger partial charge in [-0.2, -0.15) is 0 Å². The monoisotopic (exact) mass is 530 g/mol. The SMILES string of the molecule is CC(C)C[C@H](NC1(Cc2cccc(Cl)c2)C(=O)Nc2cc(Cl)ccc21)C(=O)N1CCC(C(N)=O)CC1. The zero-order valence-electron chi connectivity index (χ0n) is 20.5. The number of hydrogen-bond acceptors (Lipinski definition) is 4. The molecule has 0 aromatic heterocycles. The normalized spacial score (nSPS) is 20.8. The average Bonchev–Trinajstić information content (AvgIpc) is 3.07. The molecule has 2 aromatic rings. The molecule has 1 unspecified atom stereocenters. The second-order valence-corrected chi connectivity index (χ2v) is 11.1. The lowest BCUT2D eigenvalue weighted by molar-refractivity contribution is -0.138. The van der Waals surface area contributed by atoms with Crippen molar-refractivity contribution in [2.75, 3.05) is 18.4 Å². The lowest BCUT2D eigenvalue weighted by Crippen LogP contribution is -2.59. The Bertz CT molecular complexity index is 1160. The molecule has 0 spiro atoms. The number of carbonyl (C=O) groups is 3. The molecule has 9 heteroatoms. The first kappa shape index (κ1) is 26.5. The van der Waals surface area contributed by atoms with Gasteiger partial charge in [-0.15, -0.1) is 0 Å². The van der Waals surface area contributed by atoms with Gasteiger partial charge in [0.25, 0.3) is 0 Å². The summed E-state index contributed by atoms with van der Waals surface area (Å²) in [6.45, 7) is 5.02. The maximum absolute atomic E-state index is 13.8. The van der Waals surface area contributed by atoms with Crippen molar-refractivity contribution in [2.45, 2.75) is 51.1 Å². The van der Waals surface area contributed by atoms with Crippen molar-refractivity contribution < 1.29 is 14.4 Å². The Morgan fingerprint density at radius 2 is 1.83 bits per heavy atom. The lowest BCUT2D eigenvalue weighted by Gasteiger charge is -2.38. The van der Waals surface area contributed by atoms with Crippen LogP contribution in [0.5, 0.6) is 0 Å². The van der Waals surface area contributed by atoms with E-state index in [1.807, 2.05) is 38.1 Å². The summed E-state index contributed by atoms with van der Waals surface area (Å²) in [7, 11) is 0. The van der Waals surface area contributed by atoms with Crippen LogP contribution in [0.15, 0.2) is 42.5 Å². The number of halogens is 2. The molecule has 1 fully saturated rings. The van der Waals surface area contributed by atoms with Crippen LogP contribution in [0.3, 0.4) is 0 Å². The number of benzene rings is 2. The second kappa shape index (κ2) is 10.8. The quantitative estimate of drug-likeness (QED) is 0.477. The van der Waals surface area contributed by atoms with E-state index in [2.05, 4.69) is 10.6 Å². The Balaban J connectivity index is 1.69. The lowest BCUT2D eigenvalue weighted by atomic mass is 9.83. The Hall–Kier alpha value is -2.61. The summed E-state index contributed by atoms with van der Waals surface area (Å²) in [5, 5.41) is 7.56. The molecule has 2 heterocycles. The maximum Gasteiger partial charge on any atom is 0.249 e. The molecule has 7 nitrogen and oxygen atoms in total. The summed E-state index contributed by atoms with van der Waals surface area (Å²) in [5.74, 6) is -0.651. The molecule has 36 heavy (non-hydrogen) atoms. The van der Waals surface area contributed by atoms with Gasteiger partial charge in [0, 0.05) is 46.7 Å². The van der Waals surface area contributed by atoms with Crippen molar-refractivity contribution >= 4 is 46.6 Å². The number of nitrogens with zero attached hydrogens (tertiary/aromatic N) is 1. The summed E-state index contributed by atoms with van der Waals surface area (Å²) in [5.41, 5.74) is 6.52. The largest absolute Gasteiger partial charge is 0.369 e. The summed E-state index contributed by atoms with van der Waals surface area (Å²) >= 11 is 12.5. The van der Waals surface area contributed by atoms with E-state index in [9.17, 15) is 14.4 Å². The summed E-state index contributed by atoms with van der Waals surface area (Å²) in [4.78, 5) is 40.8. The standard InChI is InChI=1S/C27H32Cl2N4O3/c1-16(2)12-23(25(35)33-10-8-18(9-11-33)24(30)34)32-27(15-17-4-3-5-19(28)13-17)21-7-6-20(29)14-22(21)31-26(27)36/h3-7,13-14,16,18,23,32H,8-12,15H2,1-2H3,(H2,30,34)(H,31,36)/t23-,27?/m0/s1. The molecular formula is C27H32Cl2N4O3. The highest BCUT2D eigenvalue weighted by molar-refractivity contribution is 6.31. The van der Waals surface area contributed by atoms with Gasteiger partial charge in [-0.25, -0.2) is 0 Å². The molecular weight excluding hydrogens is 499 g/mol. The molecule has 4 N–H and O–H groups in total. The molecule has 0 saturated carbocycles. The molecule has 2 aliphatic rings. The topological polar surface area (TPSA) is 105 Å². The summed E-state index contributed by atoms with van der Waals surface area (Å²) in [6.07, 6.45) is 1.94. The third-order valence-electron chi connectivity index (χ3n) is 7.07. The third kappa shape index (κ3) is 5.53. The number of carbonyl (C=O) groups excluding carboxylic acids is 3. The Morgan fingerprint density at radius 3 is 2.47 bits per heavy atom. The number of amides is 3. The predicted octanol–water partition coefficient (Wildman–Crippen LogP) is 4.11. The second-order valence-electron chi connectivity index (χ2n) is 10.2. The van der Waals surface area contributed by atoms with Gasteiger partial charge in [-0.05, 0) is 55.0 Å². The van der Waals surface area contributed by atoms with Crippen LogP contribution in [-0.4, -0.2) is 41.8 Å². The van der Waals surface area contributed by atoms with Gasteiger partial charge in [0.05, 0.1) is 6.04 Å². The van der Waals surface area contributed by atoms with Crippen molar-refractivity contribution in [1.29, 1.82) is 0 Å². The number of anilines is 1. The van der Waals surface area contributed by atoms with Gasteiger partial charge in [-0.1, -0.05) is 55.2 Å². The molecule has 3 amide bonds. The van der Waals surface area contributed by atoms with Crippen LogP contribution in [0.25, 0.3) is 0 Å². The minimum absolute atomic E-state index is 0.0766. The van der Waals surface area contributed by atoms with E-state index in [4.69, 9.17) is 28.9 Å². The van der Waals surface area contributed by atoms with Gasteiger partial charge >= 0.3 is 0 Å². The van der Waals surface area contributed by atoms with Crippen molar-refractivity contribution in [2.24, 2.45) is 17.6 Å². The van der Waals surface area contributed by atoms with Crippen LogP contribution >= 0.6 is 23.2 Å². The molecule has 0 radical (unpaired) electrons. The van der Waals surface area contributed by atoms with E-state index in [0.29, 0.717) is 54.5 Å². The number of piperidine rings is 1. The van der Waals surface area contributed by atoms with E-state index >= 15 is 0 Å². The third-order valence-corrected chi connectivity index (χ3v) is 7.54. The zero-order chi connectivity index (χ0) is 26.0. The molecule has 2 atom stereocenters. The molecule has 0 aliphatic carbocycles. The molecule has 2 aliphatic heterocycles. The van der Waals surface area contributed by atoms with Crippen molar-refractivity contribution in [3.8, 4) is 0 Å². The van der Waals surface area contributed by atoms with Crippen molar-refractivity contribution in [3.05, 3.63) is 63.6 Å². The highest BCUT2D eigenvalue weighted by atomic mass is 35.5. The van der Waals surface area contributed by atoms with Gasteiger partial charge in [0.1, 0.15) is 5.54 Å². The Kier molecular flexibility index (Phi) is 7.93. The van der Waals surface area contributed by atoms with Gasteiger partial charge < -0.3 is 16.0 Å². The smallest absolute Gasteiger partial charge is 0.249 e. The first-order valence-electron chi connectivity index (χ1n) is 12.3. The fourth-order valence-corrected chi connectivity index (χ4v) is 5.65. The number of primary amides is 1. The first-order chi connectivity index (χ1) is 17.1. The Morgan fingerprint density at radius 1 is 1.14 bits per heavy atom. The highest BCUT2D eigenvalue weighted by Gasteiger charge is 2.49. The van der Waals surface area contributed by atoms with Crippen molar-refractivity contribution in [3.63, 3.8) is 0 Å². The van der Waals surface area contributed by atoms with Gasteiger partial charge in [0.15, 0.2) is 0 Å². The Labute approximate surface area is 221 Å². The van der Waals surface area contributed by atoms with E-state index < -0.39 is 11.6 Å². The number of nitrogens with two attached hydrogens (primary N) is 1. The molecule has 192 valence electrons. The molecule has 4 rings (SSSR count). The minimum Gasteiger partial charge on any atom is -0.369 e. The van der Waals surface area contributed by atoms with E-state index in [1.165, 1.54) is 0 Å². The van der Waals surface area contributed by atoms with Crippen LogP contribution in [0, 0.1) is 11.8 Å². The number of fused-ring (bicyclic) bond motifs is 1. The van der Waals surface area contributed by atoms with Crippen molar-refractivity contribution in [1.82, 2.24) is 10.2 Å². The molecule has 2 aromatic carbocycles. The van der Waals surface area contributed by atoms with Crippen LogP contribution in [0.2, 0.25) is 10.0 Å². The highest BCUT2D eigenvalue weighted by Crippen LogP contribution is 2.41. The van der Waals surface area contributed by atoms with Gasteiger partial charge in [-0.3, -0.25) is 19.7 Å². The number of hydrogen-bond donors (Lipinski definition) is 3. The van der Waals surface area contributed by atoms with Gasteiger partial charge in [0.2, 0.25) is 17.7 Å². The first-order valence-corrected chi connectivity index (χ1v) is 13.1. The van der Waals surface area contributed by atoms with E-state index in [1.54, 1.807) is 23.1 Å². The number of likely N-dealkylation sites (tertiary alicyclic amines) is 1. The molecule has 1 saturated heterocycles. The zero-order valence-corrected chi connectivity index (χ0v) is 22.0. The molecule has 0 bridgehead atoms. The summed E-state index contributed by atoms with van der Waals surface area (Å²) in [6, 6.07) is 12.1. The van der Waals surface area contributed by atoms with Crippen LogP contribution < -0.4 is 16.4 Å². The predicted molar refractivity (Wildman–Crippen MR) is 142 cm³/mol. The summed E-state index contributed by atoms with van der Waals surface area (Å²) < 4.78 is 0. The van der Waals surface area contributed by atoms with E-state index in [0.717, 1.165) is 11.1 Å². The van der Waals surface area contributed by atoms with E-state index in [-0.39, 0.29) is 29.6 Å². The maximum atomic E-state index is 13.8. The van der Waals surface area contributed by atoms with Crippen LogP contribution in [0.1, 0.15) is 44.2 Å². The van der Waals surface area contributed by atoms with Crippen LogP contribution in [0.4, 0.5) is 5.69 Å². The van der Waals surface area contributed by atoms with Crippen LogP contribution in [-0.2, 0) is 26.3 Å².